The zero-order chi connectivity index (χ0) is 15.1. The van der Waals surface area contributed by atoms with Crippen LogP contribution in [0.2, 0.25) is 0 Å². The SMILES string of the molecule is Cc1c(C(=O)O)c2cccc(F)c2c(=O)n1[C@@H]1CCNC1. The van der Waals surface area contributed by atoms with Gasteiger partial charge in [0.15, 0.2) is 0 Å². The molecule has 6 heteroatoms. The molecule has 1 aliphatic rings. The molecule has 1 atom stereocenters. The number of carboxylic acid groups (broad SMARTS) is 1. The van der Waals surface area contributed by atoms with Crippen molar-refractivity contribution in [3.63, 3.8) is 0 Å². The average Bonchev–Trinajstić information content (AvgIpc) is 2.92. The van der Waals surface area contributed by atoms with Gasteiger partial charge in [0.1, 0.15) is 5.82 Å². The fourth-order valence-electron chi connectivity index (χ4n) is 3.11. The quantitative estimate of drug-likeness (QED) is 0.883. The van der Waals surface area contributed by atoms with Crippen LogP contribution >= 0.6 is 0 Å². The van der Waals surface area contributed by atoms with Gasteiger partial charge in [0.05, 0.1) is 17.0 Å². The third-order valence-electron chi connectivity index (χ3n) is 4.05. The molecular formula is C15H15FN2O3. The van der Waals surface area contributed by atoms with Crippen LogP contribution in [0.4, 0.5) is 4.39 Å². The second-order valence-electron chi connectivity index (χ2n) is 5.25. The van der Waals surface area contributed by atoms with Crippen molar-refractivity contribution in [2.75, 3.05) is 13.1 Å². The van der Waals surface area contributed by atoms with Crippen LogP contribution in [0.25, 0.3) is 10.8 Å². The molecular weight excluding hydrogens is 275 g/mol. The highest BCUT2D eigenvalue weighted by atomic mass is 19.1. The second kappa shape index (κ2) is 4.96. The molecule has 2 aromatic rings. The monoisotopic (exact) mass is 290 g/mol. The third-order valence-corrected chi connectivity index (χ3v) is 4.05. The fraction of sp³-hybridized carbons (Fsp3) is 0.333. The van der Waals surface area contributed by atoms with Crippen LogP contribution in [0.3, 0.4) is 0 Å². The summed E-state index contributed by atoms with van der Waals surface area (Å²) < 4.78 is 15.5. The van der Waals surface area contributed by atoms with Crippen LogP contribution in [-0.4, -0.2) is 28.7 Å². The minimum atomic E-state index is -1.15. The summed E-state index contributed by atoms with van der Waals surface area (Å²) in [7, 11) is 0. The number of rotatable bonds is 2. The predicted molar refractivity (Wildman–Crippen MR) is 76.4 cm³/mol. The fourth-order valence-corrected chi connectivity index (χ4v) is 3.11. The molecule has 1 aromatic heterocycles. The second-order valence-corrected chi connectivity index (χ2v) is 5.25. The van der Waals surface area contributed by atoms with Crippen molar-refractivity contribution in [2.24, 2.45) is 0 Å². The summed E-state index contributed by atoms with van der Waals surface area (Å²) in [6.45, 7) is 2.95. The smallest absolute Gasteiger partial charge is 0.338 e. The van der Waals surface area contributed by atoms with E-state index in [-0.39, 0.29) is 22.4 Å². The van der Waals surface area contributed by atoms with Crippen LogP contribution in [-0.2, 0) is 0 Å². The lowest BCUT2D eigenvalue weighted by molar-refractivity contribution is 0.0697. The first-order valence-corrected chi connectivity index (χ1v) is 6.79. The molecule has 0 spiro atoms. The molecule has 0 saturated carbocycles. The number of pyridine rings is 1. The van der Waals surface area contributed by atoms with E-state index in [0.29, 0.717) is 12.2 Å². The Morgan fingerprint density at radius 1 is 1.48 bits per heavy atom. The van der Waals surface area contributed by atoms with Gasteiger partial charge >= 0.3 is 5.97 Å². The number of aromatic nitrogens is 1. The van der Waals surface area contributed by atoms with Gasteiger partial charge in [0.25, 0.3) is 5.56 Å². The Balaban J connectivity index is 2.46. The molecule has 110 valence electrons. The van der Waals surface area contributed by atoms with Crippen LogP contribution < -0.4 is 10.9 Å². The summed E-state index contributed by atoms with van der Waals surface area (Å²) in [5, 5.41) is 12.6. The van der Waals surface area contributed by atoms with Gasteiger partial charge in [-0.3, -0.25) is 4.79 Å². The summed E-state index contributed by atoms with van der Waals surface area (Å²) in [6.07, 6.45) is 0.722. The summed E-state index contributed by atoms with van der Waals surface area (Å²) in [4.78, 5) is 24.2. The van der Waals surface area contributed by atoms with E-state index in [9.17, 15) is 19.1 Å². The molecule has 2 N–H and O–H groups in total. The van der Waals surface area contributed by atoms with E-state index in [1.807, 2.05) is 0 Å². The zero-order valence-electron chi connectivity index (χ0n) is 11.5. The molecule has 5 nitrogen and oxygen atoms in total. The van der Waals surface area contributed by atoms with Gasteiger partial charge in [0, 0.05) is 17.6 Å². The molecule has 0 amide bonds. The number of halogens is 1. The molecule has 0 aliphatic carbocycles. The van der Waals surface area contributed by atoms with Crippen LogP contribution in [0.5, 0.6) is 0 Å². The van der Waals surface area contributed by atoms with E-state index in [1.165, 1.54) is 22.8 Å². The first-order chi connectivity index (χ1) is 10.0. The lowest BCUT2D eigenvalue weighted by atomic mass is 10.0. The van der Waals surface area contributed by atoms with Gasteiger partial charge in [0.2, 0.25) is 0 Å². The van der Waals surface area contributed by atoms with Gasteiger partial charge in [-0.1, -0.05) is 12.1 Å². The van der Waals surface area contributed by atoms with E-state index in [2.05, 4.69) is 5.32 Å². The first-order valence-electron chi connectivity index (χ1n) is 6.79. The predicted octanol–water partition coefficient (Wildman–Crippen LogP) is 1.68. The van der Waals surface area contributed by atoms with Crippen molar-refractivity contribution in [1.29, 1.82) is 0 Å². The average molecular weight is 290 g/mol. The highest BCUT2D eigenvalue weighted by molar-refractivity contribution is 6.04. The van der Waals surface area contributed by atoms with Crippen molar-refractivity contribution in [2.45, 2.75) is 19.4 Å². The lowest BCUT2D eigenvalue weighted by Gasteiger charge is -2.20. The lowest BCUT2D eigenvalue weighted by Crippen LogP contribution is -2.31. The molecule has 0 bridgehead atoms. The first kappa shape index (κ1) is 13.8. The number of aromatic carboxylic acids is 1. The van der Waals surface area contributed by atoms with Gasteiger partial charge < -0.3 is 15.0 Å². The maximum atomic E-state index is 14.1. The van der Waals surface area contributed by atoms with Gasteiger partial charge in [-0.2, -0.15) is 0 Å². The molecule has 2 heterocycles. The van der Waals surface area contributed by atoms with E-state index < -0.39 is 17.3 Å². The van der Waals surface area contributed by atoms with Crippen LogP contribution in [0.1, 0.15) is 28.5 Å². The number of fused-ring (bicyclic) bond motifs is 1. The van der Waals surface area contributed by atoms with Gasteiger partial charge in [-0.05, 0) is 26.0 Å². The van der Waals surface area contributed by atoms with E-state index >= 15 is 0 Å². The molecule has 21 heavy (non-hydrogen) atoms. The van der Waals surface area contributed by atoms with E-state index in [0.717, 1.165) is 13.0 Å². The number of carbonyl (C=O) groups is 1. The molecule has 3 rings (SSSR count). The summed E-state index contributed by atoms with van der Waals surface area (Å²) >= 11 is 0. The number of nitrogens with zero attached hydrogens (tertiary/aromatic N) is 1. The Bertz CT molecular complexity index is 792. The Hall–Kier alpha value is -2.21. The molecule has 0 unspecified atom stereocenters. The molecule has 1 aromatic carbocycles. The van der Waals surface area contributed by atoms with Crippen molar-refractivity contribution in [3.05, 3.63) is 45.6 Å². The number of benzene rings is 1. The summed E-state index contributed by atoms with van der Waals surface area (Å²) in [6, 6.07) is 3.94. The maximum Gasteiger partial charge on any atom is 0.338 e. The molecule has 1 fully saturated rings. The molecule has 1 saturated heterocycles. The van der Waals surface area contributed by atoms with E-state index in [1.54, 1.807) is 6.92 Å². The minimum Gasteiger partial charge on any atom is -0.478 e. The Kier molecular flexibility index (Phi) is 3.25. The van der Waals surface area contributed by atoms with Crippen LogP contribution in [0.15, 0.2) is 23.0 Å². The highest BCUT2D eigenvalue weighted by Gasteiger charge is 2.26. The normalized spacial score (nSPS) is 18.3. The zero-order valence-corrected chi connectivity index (χ0v) is 11.5. The van der Waals surface area contributed by atoms with Crippen molar-refractivity contribution in [1.82, 2.24) is 9.88 Å². The van der Waals surface area contributed by atoms with Crippen molar-refractivity contribution < 1.29 is 14.3 Å². The Morgan fingerprint density at radius 3 is 2.86 bits per heavy atom. The molecule has 1 aliphatic heterocycles. The number of carboxylic acids is 1. The summed E-state index contributed by atoms with van der Waals surface area (Å²) in [5.74, 6) is -1.83. The maximum absolute atomic E-state index is 14.1. The standard InChI is InChI=1S/C15H15FN2O3/c1-8-12(15(20)21)10-3-2-4-11(16)13(10)14(19)18(8)9-5-6-17-7-9/h2-4,9,17H,5-7H2,1H3,(H,20,21)/t9-/m1/s1. The topological polar surface area (TPSA) is 71.3 Å². The van der Waals surface area contributed by atoms with Gasteiger partial charge in [-0.15, -0.1) is 0 Å². The van der Waals surface area contributed by atoms with E-state index in [4.69, 9.17) is 0 Å². The van der Waals surface area contributed by atoms with Crippen LogP contribution in [0, 0.1) is 12.7 Å². The highest BCUT2D eigenvalue weighted by Crippen LogP contribution is 2.25. The minimum absolute atomic E-state index is 0.00370. The number of hydrogen-bond acceptors (Lipinski definition) is 3. The molecule has 0 radical (unpaired) electrons. The summed E-state index contributed by atoms with van der Waals surface area (Å²) in [5.41, 5.74) is -0.0883. The Morgan fingerprint density at radius 2 is 2.24 bits per heavy atom. The van der Waals surface area contributed by atoms with Crippen molar-refractivity contribution >= 4 is 16.7 Å². The van der Waals surface area contributed by atoms with Gasteiger partial charge in [-0.25, -0.2) is 9.18 Å². The third kappa shape index (κ3) is 2.03. The Labute approximate surface area is 120 Å². The largest absolute Gasteiger partial charge is 0.478 e. The van der Waals surface area contributed by atoms with Crippen molar-refractivity contribution in [3.8, 4) is 0 Å². The number of nitrogens with one attached hydrogen (secondary N) is 1. The number of hydrogen-bond donors (Lipinski definition) is 2.